The lowest BCUT2D eigenvalue weighted by atomic mass is 9.95. The first-order valence-electron chi connectivity index (χ1n) is 6.27. The number of rotatable bonds is 5. The number of cyclic esters (lactones) is 1. The molecule has 102 valence electrons. The van der Waals surface area contributed by atoms with Crippen LogP contribution < -0.4 is 4.74 Å². The van der Waals surface area contributed by atoms with Crippen molar-refractivity contribution >= 4 is 11.9 Å². The molecule has 2 rings (SSSR count). The zero-order valence-electron chi connectivity index (χ0n) is 10.7. The molecule has 0 aliphatic carbocycles. The fourth-order valence-corrected chi connectivity index (χ4v) is 2.08. The molecule has 1 aromatic carbocycles. The maximum atomic E-state index is 11.3. The fraction of sp³-hybridized carbons (Fsp3) is 0.429. The topological polar surface area (TPSA) is 72.8 Å². The highest BCUT2D eigenvalue weighted by molar-refractivity contribution is 5.82. The Labute approximate surface area is 111 Å². The third-order valence-electron chi connectivity index (χ3n) is 2.99. The van der Waals surface area contributed by atoms with E-state index in [-0.39, 0.29) is 6.42 Å². The van der Waals surface area contributed by atoms with Gasteiger partial charge in [0.2, 0.25) is 0 Å². The number of aliphatic carboxylic acids is 1. The zero-order valence-corrected chi connectivity index (χ0v) is 10.7. The molecule has 0 spiro atoms. The smallest absolute Gasteiger partial charge is 0.311 e. The van der Waals surface area contributed by atoms with E-state index in [0.29, 0.717) is 17.9 Å². The molecule has 1 N–H and O–H groups in total. The summed E-state index contributed by atoms with van der Waals surface area (Å²) in [5, 5.41) is 9.11. The Morgan fingerprint density at radius 1 is 1.53 bits per heavy atom. The van der Waals surface area contributed by atoms with Crippen LogP contribution in [0, 0.1) is 5.92 Å². The van der Waals surface area contributed by atoms with Crippen molar-refractivity contribution < 1.29 is 24.2 Å². The van der Waals surface area contributed by atoms with E-state index in [9.17, 15) is 9.59 Å². The standard InChI is InChI=1S/C14H16O5/c1-2-6-18-10-5-3-4-9(7-10)13-11(14(16)17)8-12(15)19-13/h3-5,7,11,13H,2,6,8H2,1H3,(H,16,17)/t11-,13-/m0/s1. The summed E-state index contributed by atoms with van der Waals surface area (Å²) < 4.78 is 10.6. The van der Waals surface area contributed by atoms with Crippen molar-refractivity contribution in [3.05, 3.63) is 29.8 Å². The van der Waals surface area contributed by atoms with Gasteiger partial charge in [0.05, 0.1) is 13.0 Å². The number of carboxylic acids is 1. The summed E-state index contributed by atoms with van der Waals surface area (Å²) in [5.74, 6) is -1.66. The van der Waals surface area contributed by atoms with Gasteiger partial charge in [0.15, 0.2) is 0 Å². The Hall–Kier alpha value is -2.04. The molecule has 0 bridgehead atoms. The number of hydrogen-bond donors (Lipinski definition) is 1. The second-order valence-electron chi connectivity index (χ2n) is 4.48. The zero-order chi connectivity index (χ0) is 13.8. The van der Waals surface area contributed by atoms with Crippen LogP contribution in [0.25, 0.3) is 0 Å². The van der Waals surface area contributed by atoms with E-state index in [1.165, 1.54) is 0 Å². The highest BCUT2D eigenvalue weighted by Gasteiger charge is 2.40. The van der Waals surface area contributed by atoms with Crippen LogP contribution in [0.1, 0.15) is 31.4 Å². The van der Waals surface area contributed by atoms with Crippen LogP contribution in [0.3, 0.4) is 0 Å². The molecule has 0 unspecified atom stereocenters. The molecule has 1 saturated heterocycles. The minimum atomic E-state index is -1.02. The third kappa shape index (κ3) is 3.05. The van der Waals surface area contributed by atoms with Gasteiger partial charge in [-0.1, -0.05) is 19.1 Å². The number of hydrogen-bond acceptors (Lipinski definition) is 4. The molecule has 5 heteroatoms. The number of carbonyl (C=O) groups is 2. The van der Waals surface area contributed by atoms with Crippen LogP contribution in [-0.2, 0) is 14.3 Å². The molecule has 1 aliphatic rings. The summed E-state index contributed by atoms with van der Waals surface area (Å²) in [4.78, 5) is 22.4. The second kappa shape index (κ2) is 5.73. The van der Waals surface area contributed by atoms with Crippen molar-refractivity contribution in [1.29, 1.82) is 0 Å². The Bertz CT molecular complexity index is 482. The summed E-state index contributed by atoms with van der Waals surface area (Å²) in [6.45, 7) is 2.60. The molecule has 0 amide bonds. The molecule has 1 heterocycles. The molecule has 2 atom stereocenters. The van der Waals surface area contributed by atoms with Crippen LogP contribution in [0.2, 0.25) is 0 Å². The van der Waals surface area contributed by atoms with Gasteiger partial charge in [0.1, 0.15) is 17.8 Å². The number of esters is 1. The first-order chi connectivity index (χ1) is 9.11. The maximum absolute atomic E-state index is 11.3. The molecule has 0 saturated carbocycles. The maximum Gasteiger partial charge on any atom is 0.311 e. The molecular weight excluding hydrogens is 248 g/mol. The van der Waals surface area contributed by atoms with Crippen LogP contribution in [-0.4, -0.2) is 23.7 Å². The van der Waals surface area contributed by atoms with Gasteiger partial charge in [-0.3, -0.25) is 9.59 Å². The lowest BCUT2D eigenvalue weighted by Gasteiger charge is -2.15. The van der Waals surface area contributed by atoms with Crippen molar-refractivity contribution in [3.63, 3.8) is 0 Å². The quantitative estimate of drug-likeness (QED) is 0.825. The Morgan fingerprint density at radius 2 is 2.32 bits per heavy atom. The SMILES string of the molecule is CCCOc1cccc([C@@H]2OC(=O)C[C@@H]2C(=O)O)c1. The summed E-state index contributed by atoms with van der Waals surface area (Å²) in [6, 6.07) is 7.05. The average Bonchev–Trinajstić information content (AvgIpc) is 2.79. The van der Waals surface area contributed by atoms with Gasteiger partial charge in [-0.05, 0) is 24.1 Å². The molecule has 1 aromatic rings. The monoisotopic (exact) mass is 264 g/mol. The predicted molar refractivity (Wildman–Crippen MR) is 66.8 cm³/mol. The Morgan fingerprint density at radius 3 is 3.00 bits per heavy atom. The number of benzene rings is 1. The van der Waals surface area contributed by atoms with Crippen molar-refractivity contribution in [3.8, 4) is 5.75 Å². The van der Waals surface area contributed by atoms with Crippen molar-refractivity contribution in [2.45, 2.75) is 25.9 Å². The van der Waals surface area contributed by atoms with E-state index in [4.69, 9.17) is 14.6 Å². The molecule has 0 aromatic heterocycles. The lowest BCUT2D eigenvalue weighted by molar-refractivity contribution is -0.144. The first kappa shape index (κ1) is 13.4. The van der Waals surface area contributed by atoms with Gasteiger partial charge >= 0.3 is 11.9 Å². The Balaban J connectivity index is 2.20. The summed E-state index contributed by atoms with van der Waals surface area (Å²) >= 11 is 0. The highest BCUT2D eigenvalue weighted by atomic mass is 16.6. The van der Waals surface area contributed by atoms with Gasteiger partial charge in [0, 0.05) is 0 Å². The third-order valence-corrected chi connectivity index (χ3v) is 2.99. The van der Waals surface area contributed by atoms with Gasteiger partial charge in [0.25, 0.3) is 0 Å². The van der Waals surface area contributed by atoms with E-state index < -0.39 is 24.0 Å². The van der Waals surface area contributed by atoms with Crippen molar-refractivity contribution in [1.82, 2.24) is 0 Å². The number of carboxylic acid groups (broad SMARTS) is 1. The number of carbonyl (C=O) groups excluding carboxylic acids is 1. The molecular formula is C14H16O5. The fourth-order valence-electron chi connectivity index (χ4n) is 2.08. The largest absolute Gasteiger partial charge is 0.494 e. The van der Waals surface area contributed by atoms with Gasteiger partial charge in [-0.15, -0.1) is 0 Å². The molecule has 1 aliphatic heterocycles. The second-order valence-corrected chi connectivity index (χ2v) is 4.48. The van der Waals surface area contributed by atoms with Crippen LogP contribution >= 0.6 is 0 Å². The lowest BCUT2D eigenvalue weighted by Crippen LogP contribution is -2.17. The van der Waals surface area contributed by atoms with Crippen molar-refractivity contribution in [2.24, 2.45) is 5.92 Å². The minimum absolute atomic E-state index is 0.0833. The summed E-state index contributed by atoms with van der Waals surface area (Å²) in [5.41, 5.74) is 0.659. The normalized spacial score (nSPS) is 22.1. The van der Waals surface area contributed by atoms with Crippen LogP contribution in [0.5, 0.6) is 5.75 Å². The molecule has 0 radical (unpaired) electrons. The first-order valence-corrected chi connectivity index (χ1v) is 6.27. The van der Waals surface area contributed by atoms with Crippen LogP contribution in [0.4, 0.5) is 0 Å². The molecule has 5 nitrogen and oxygen atoms in total. The average molecular weight is 264 g/mol. The van der Waals surface area contributed by atoms with Crippen LogP contribution in [0.15, 0.2) is 24.3 Å². The predicted octanol–water partition coefficient (Wildman–Crippen LogP) is 2.16. The van der Waals surface area contributed by atoms with Gasteiger partial charge < -0.3 is 14.6 Å². The van der Waals surface area contributed by atoms with Gasteiger partial charge in [-0.25, -0.2) is 0 Å². The summed E-state index contributed by atoms with van der Waals surface area (Å²) in [7, 11) is 0. The van der Waals surface area contributed by atoms with E-state index >= 15 is 0 Å². The van der Waals surface area contributed by atoms with E-state index in [1.54, 1.807) is 24.3 Å². The Kier molecular flexibility index (Phi) is 4.04. The van der Waals surface area contributed by atoms with Gasteiger partial charge in [-0.2, -0.15) is 0 Å². The summed E-state index contributed by atoms with van der Waals surface area (Å²) in [6.07, 6.45) is 0.0793. The van der Waals surface area contributed by atoms with E-state index in [1.807, 2.05) is 6.92 Å². The molecule has 19 heavy (non-hydrogen) atoms. The number of ether oxygens (including phenoxy) is 2. The minimum Gasteiger partial charge on any atom is -0.494 e. The van der Waals surface area contributed by atoms with E-state index in [0.717, 1.165) is 6.42 Å². The molecule has 1 fully saturated rings. The highest BCUT2D eigenvalue weighted by Crippen LogP contribution is 2.36. The van der Waals surface area contributed by atoms with E-state index in [2.05, 4.69) is 0 Å². The van der Waals surface area contributed by atoms with Crippen molar-refractivity contribution in [2.75, 3.05) is 6.61 Å².